The molecule has 0 radical (unpaired) electrons. The zero-order valence-corrected chi connectivity index (χ0v) is 12.5. The third-order valence-corrected chi connectivity index (χ3v) is 1.88. The van der Waals surface area contributed by atoms with Crippen LogP contribution in [0.15, 0.2) is 35.8 Å². The van der Waals surface area contributed by atoms with Gasteiger partial charge in [-0.05, 0) is 26.8 Å². The SMILES string of the molecule is C=CC.CC=CC(=CC)S(=O)(=O)O.CS(=O)(=O)O. The molecule has 2 N–H and O–H groups in total. The average Bonchev–Trinajstić information content (AvgIpc) is 2.10. The van der Waals surface area contributed by atoms with Crippen molar-refractivity contribution >= 4 is 20.2 Å². The Balaban J connectivity index is -0.000000235. The highest BCUT2D eigenvalue weighted by molar-refractivity contribution is 7.90. The Kier molecular flexibility index (Phi) is 13.8. The van der Waals surface area contributed by atoms with Gasteiger partial charge in [-0.1, -0.05) is 18.2 Å². The normalized spacial score (nSPS) is 12.0. The van der Waals surface area contributed by atoms with E-state index in [2.05, 4.69) is 6.58 Å². The smallest absolute Gasteiger partial charge is 0.286 e. The summed E-state index contributed by atoms with van der Waals surface area (Å²) in [6.07, 6.45) is 6.67. The highest BCUT2D eigenvalue weighted by Crippen LogP contribution is 2.04. The Morgan fingerprint density at radius 2 is 1.33 bits per heavy atom. The molecule has 0 amide bonds. The fourth-order valence-electron chi connectivity index (χ4n) is 0.495. The van der Waals surface area contributed by atoms with E-state index in [0.29, 0.717) is 6.26 Å². The summed E-state index contributed by atoms with van der Waals surface area (Å²) in [7, 11) is -7.67. The maximum atomic E-state index is 10.4. The second-order valence-electron chi connectivity index (χ2n) is 2.81. The summed E-state index contributed by atoms with van der Waals surface area (Å²) in [5.74, 6) is 0. The molecule has 0 unspecified atom stereocenters. The molecule has 0 aliphatic rings. The molecule has 0 spiro atoms. The predicted molar refractivity (Wildman–Crippen MR) is 73.5 cm³/mol. The molecule has 0 saturated heterocycles. The van der Waals surface area contributed by atoms with E-state index in [4.69, 9.17) is 9.11 Å². The van der Waals surface area contributed by atoms with E-state index in [-0.39, 0.29) is 4.91 Å². The number of allylic oxidation sites excluding steroid dienone is 4. The largest absolute Gasteiger partial charge is 0.294 e. The molecule has 0 saturated carbocycles. The van der Waals surface area contributed by atoms with Gasteiger partial charge in [0.05, 0.1) is 11.2 Å². The minimum Gasteiger partial charge on any atom is -0.286 e. The fourth-order valence-corrected chi connectivity index (χ4v) is 1.10. The van der Waals surface area contributed by atoms with Crippen LogP contribution in [0.3, 0.4) is 0 Å². The molecule has 0 aromatic rings. The summed E-state index contributed by atoms with van der Waals surface area (Å²) in [5, 5.41) is 0. The quantitative estimate of drug-likeness (QED) is 0.459. The Labute approximate surface area is 109 Å². The molecule has 0 fully saturated rings. The Bertz CT molecular complexity index is 460. The number of rotatable bonds is 2. The van der Waals surface area contributed by atoms with Crippen LogP contribution in [0, 0.1) is 0 Å². The summed E-state index contributed by atoms with van der Waals surface area (Å²) in [6.45, 7) is 8.47. The molecule has 108 valence electrons. The van der Waals surface area contributed by atoms with Gasteiger partial charge in [-0.15, -0.1) is 6.58 Å². The predicted octanol–water partition coefficient (Wildman–Crippen LogP) is 2.05. The van der Waals surface area contributed by atoms with Crippen molar-refractivity contribution in [1.82, 2.24) is 0 Å². The van der Waals surface area contributed by atoms with Crippen molar-refractivity contribution in [3.05, 3.63) is 35.8 Å². The molecule has 0 bridgehead atoms. The lowest BCUT2D eigenvalue weighted by Gasteiger charge is -1.92. The summed E-state index contributed by atoms with van der Waals surface area (Å²) in [6, 6.07) is 0. The van der Waals surface area contributed by atoms with Crippen LogP contribution < -0.4 is 0 Å². The molecule has 0 heterocycles. The van der Waals surface area contributed by atoms with E-state index in [1.165, 1.54) is 12.2 Å². The first kappa shape index (κ1) is 22.2. The van der Waals surface area contributed by atoms with Crippen molar-refractivity contribution in [3.8, 4) is 0 Å². The van der Waals surface area contributed by atoms with Crippen molar-refractivity contribution in [1.29, 1.82) is 0 Å². The van der Waals surface area contributed by atoms with Crippen molar-refractivity contribution in [3.63, 3.8) is 0 Å². The van der Waals surface area contributed by atoms with Gasteiger partial charge < -0.3 is 0 Å². The third-order valence-electron chi connectivity index (χ3n) is 0.913. The maximum Gasteiger partial charge on any atom is 0.294 e. The summed E-state index contributed by atoms with van der Waals surface area (Å²) < 4.78 is 55.1. The van der Waals surface area contributed by atoms with Crippen LogP contribution >= 0.6 is 0 Å². The summed E-state index contributed by atoms with van der Waals surface area (Å²) in [5.41, 5.74) is 0. The highest BCUT2D eigenvalue weighted by Gasteiger charge is 2.06. The zero-order valence-electron chi connectivity index (χ0n) is 10.9. The minimum atomic E-state index is -4.00. The first-order valence-electron chi connectivity index (χ1n) is 4.70. The van der Waals surface area contributed by atoms with Crippen molar-refractivity contribution in [2.24, 2.45) is 0 Å². The molecule has 0 aromatic carbocycles. The minimum absolute atomic E-state index is 0.0741. The molecule has 0 rings (SSSR count). The van der Waals surface area contributed by atoms with Gasteiger partial charge in [0, 0.05) is 0 Å². The van der Waals surface area contributed by atoms with Crippen LogP contribution in [0.5, 0.6) is 0 Å². The summed E-state index contributed by atoms with van der Waals surface area (Å²) in [4.78, 5) is -0.0741. The molecule has 8 heteroatoms. The maximum absolute atomic E-state index is 10.4. The average molecular weight is 300 g/mol. The van der Waals surface area contributed by atoms with Crippen LogP contribution in [0.25, 0.3) is 0 Å². The molecule has 18 heavy (non-hydrogen) atoms. The van der Waals surface area contributed by atoms with Gasteiger partial charge in [-0.3, -0.25) is 9.11 Å². The summed E-state index contributed by atoms with van der Waals surface area (Å²) >= 11 is 0. The molecule has 0 atom stereocenters. The Hall–Kier alpha value is -0.960. The van der Waals surface area contributed by atoms with Crippen LogP contribution in [0.1, 0.15) is 20.8 Å². The van der Waals surface area contributed by atoms with Crippen LogP contribution in [-0.2, 0) is 20.2 Å². The van der Waals surface area contributed by atoms with E-state index in [0.717, 1.165) is 0 Å². The standard InChI is InChI=1S/C6H10O3S.C3H6.CH4O3S/c1-3-5-6(4-2)10(7,8)9;1-3-2;1-5(2,3)4/h3-5H,1-2H3,(H,7,8,9);3H,1H2,2H3;1H3,(H,2,3,4). The van der Waals surface area contributed by atoms with Crippen LogP contribution in [-0.4, -0.2) is 32.2 Å². The van der Waals surface area contributed by atoms with Gasteiger partial charge >= 0.3 is 0 Å². The van der Waals surface area contributed by atoms with E-state index in [9.17, 15) is 16.8 Å². The van der Waals surface area contributed by atoms with E-state index in [1.54, 1.807) is 26.0 Å². The van der Waals surface area contributed by atoms with E-state index >= 15 is 0 Å². The van der Waals surface area contributed by atoms with Crippen molar-refractivity contribution < 1.29 is 25.9 Å². The molecule has 6 nitrogen and oxygen atoms in total. The molecule has 0 aliphatic heterocycles. The van der Waals surface area contributed by atoms with Gasteiger partial charge in [-0.2, -0.15) is 16.8 Å². The first-order chi connectivity index (χ1) is 7.93. The Morgan fingerprint density at radius 3 is 1.39 bits per heavy atom. The fraction of sp³-hybridized carbons (Fsp3) is 0.400. The van der Waals surface area contributed by atoms with Crippen molar-refractivity contribution in [2.45, 2.75) is 20.8 Å². The van der Waals surface area contributed by atoms with Gasteiger partial charge in [0.25, 0.3) is 20.2 Å². The topological polar surface area (TPSA) is 109 Å². The molecule has 0 aliphatic carbocycles. The highest BCUT2D eigenvalue weighted by atomic mass is 32.2. The first-order valence-corrected chi connectivity index (χ1v) is 7.98. The van der Waals surface area contributed by atoms with E-state index < -0.39 is 20.2 Å². The number of hydrogen-bond acceptors (Lipinski definition) is 4. The molecule has 0 aromatic heterocycles. The lowest BCUT2D eigenvalue weighted by atomic mass is 10.4. The van der Waals surface area contributed by atoms with Crippen molar-refractivity contribution in [2.75, 3.05) is 6.26 Å². The zero-order chi connectivity index (χ0) is 15.4. The number of hydrogen-bond donors (Lipinski definition) is 2. The second-order valence-corrected chi connectivity index (χ2v) is 5.69. The Morgan fingerprint density at radius 1 is 1.06 bits per heavy atom. The lowest BCUT2D eigenvalue weighted by molar-refractivity contribution is 0.489. The van der Waals surface area contributed by atoms with Gasteiger partial charge in [-0.25, -0.2) is 0 Å². The molecular formula is C10H20O6S2. The second kappa shape index (κ2) is 11.1. The third kappa shape index (κ3) is 29.4. The van der Waals surface area contributed by atoms with Gasteiger partial charge in [0.15, 0.2) is 0 Å². The van der Waals surface area contributed by atoms with Crippen LogP contribution in [0.2, 0.25) is 0 Å². The lowest BCUT2D eigenvalue weighted by Crippen LogP contribution is -1.98. The van der Waals surface area contributed by atoms with Crippen LogP contribution in [0.4, 0.5) is 0 Å². The molecular weight excluding hydrogens is 280 g/mol. The van der Waals surface area contributed by atoms with E-state index in [1.807, 2.05) is 6.92 Å². The van der Waals surface area contributed by atoms with Gasteiger partial charge in [0.2, 0.25) is 0 Å². The monoisotopic (exact) mass is 300 g/mol. The van der Waals surface area contributed by atoms with Gasteiger partial charge in [0.1, 0.15) is 0 Å².